The number of hydrogen-bond acceptors (Lipinski definition) is 3. The van der Waals surface area contributed by atoms with Crippen LogP contribution in [0.2, 0.25) is 0 Å². The van der Waals surface area contributed by atoms with Gasteiger partial charge in [0.25, 0.3) is 5.91 Å². The number of primary amides is 1. The van der Waals surface area contributed by atoms with E-state index in [0.29, 0.717) is 5.69 Å². The van der Waals surface area contributed by atoms with E-state index in [1.165, 1.54) is 0 Å². The Morgan fingerprint density at radius 1 is 1.71 bits per heavy atom. The van der Waals surface area contributed by atoms with Crippen molar-refractivity contribution in [2.75, 3.05) is 6.61 Å². The van der Waals surface area contributed by atoms with Gasteiger partial charge >= 0.3 is 0 Å². The summed E-state index contributed by atoms with van der Waals surface area (Å²) >= 11 is 0. The van der Waals surface area contributed by atoms with E-state index in [1.54, 1.807) is 12.3 Å². The summed E-state index contributed by atoms with van der Waals surface area (Å²) in [5.41, 5.74) is 6.45. The average Bonchev–Trinajstić information content (AvgIpc) is 2.12. The number of rotatable bonds is 3. The van der Waals surface area contributed by atoms with Gasteiger partial charge in [-0.2, -0.15) is 0 Å². The highest BCUT2D eigenvalue weighted by atomic mass is 16.5. The molecule has 0 radical (unpaired) electrons. The fraction of sp³-hybridized carbons (Fsp3) is 0.400. The monoisotopic (exact) mass is 192 g/mol. The number of pyridine rings is 1. The lowest BCUT2D eigenvalue weighted by molar-refractivity contribution is -0.0492. The van der Waals surface area contributed by atoms with E-state index in [0.717, 1.165) is 25.0 Å². The molecule has 1 aromatic rings. The normalized spacial score (nSPS) is 20.1. The van der Waals surface area contributed by atoms with Crippen molar-refractivity contribution in [3.63, 3.8) is 0 Å². The molecule has 4 nitrogen and oxygen atoms in total. The zero-order valence-corrected chi connectivity index (χ0v) is 7.77. The molecule has 1 saturated heterocycles. The third-order valence-corrected chi connectivity index (χ3v) is 2.37. The lowest BCUT2D eigenvalue weighted by Gasteiger charge is -2.26. The maximum Gasteiger partial charge on any atom is 0.267 e. The van der Waals surface area contributed by atoms with E-state index in [9.17, 15) is 4.79 Å². The molecule has 74 valence electrons. The van der Waals surface area contributed by atoms with Gasteiger partial charge in [-0.15, -0.1) is 0 Å². The van der Waals surface area contributed by atoms with Crippen LogP contribution in [0.1, 0.15) is 22.5 Å². The molecule has 1 amide bonds. The first-order chi connectivity index (χ1) is 6.77. The highest BCUT2D eigenvalue weighted by Gasteiger charge is 2.21. The molecular weight excluding hydrogens is 180 g/mol. The molecule has 2 N–H and O–H groups in total. The first-order valence-electron chi connectivity index (χ1n) is 4.62. The van der Waals surface area contributed by atoms with Gasteiger partial charge in [-0.05, 0) is 18.1 Å². The molecule has 1 aliphatic heterocycles. The summed E-state index contributed by atoms with van der Waals surface area (Å²) in [6, 6.07) is 3.68. The molecule has 0 aliphatic carbocycles. The van der Waals surface area contributed by atoms with Crippen LogP contribution in [0.25, 0.3) is 0 Å². The van der Waals surface area contributed by atoms with Gasteiger partial charge in [-0.1, -0.05) is 6.07 Å². The molecule has 0 spiro atoms. The van der Waals surface area contributed by atoms with Gasteiger partial charge in [-0.25, -0.2) is 0 Å². The van der Waals surface area contributed by atoms with Gasteiger partial charge in [0.05, 0.1) is 6.10 Å². The highest BCUT2D eigenvalue weighted by Crippen LogP contribution is 2.18. The van der Waals surface area contributed by atoms with Gasteiger partial charge < -0.3 is 10.5 Å². The van der Waals surface area contributed by atoms with Crippen LogP contribution in [0.15, 0.2) is 18.3 Å². The molecule has 2 heterocycles. The number of nitrogens with two attached hydrogens (primary N) is 1. The molecule has 2 rings (SSSR count). The SMILES string of the molecule is NC(=O)c1ncccc1CC1CCO1. The molecule has 14 heavy (non-hydrogen) atoms. The second-order valence-corrected chi connectivity index (χ2v) is 3.36. The molecule has 0 aromatic carbocycles. The summed E-state index contributed by atoms with van der Waals surface area (Å²) in [5.74, 6) is -0.472. The first-order valence-corrected chi connectivity index (χ1v) is 4.62. The first kappa shape index (κ1) is 9.15. The van der Waals surface area contributed by atoms with E-state index in [-0.39, 0.29) is 6.10 Å². The van der Waals surface area contributed by atoms with Crippen LogP contribution in [-0.2, 0) is 11.2 Å². The Kier molecular flexibility index (Phi) is 2.45. The minimum Gasteiger partial charge on any atom is -0.378 e. The Morgan fingerprint density at radius 3 is 3.07 bits per heavy atom. The van der Waals surface area contributed by atoms with Gasteiger partial charge in [0.15, 0.2) is 0 Å². The fourth-order valence-corrected chi connectivity index (χ4v) is 1.52. The van der Waals surface area contributed by atoms with Crippen LogP contribution in [0, 0.1) is 0 Å². The summed E-state index contributed by atoms with van der Waals surface area (Å²) < 4.78 is 5.29. The Labute approximate surface area is 82.1 Å². The predicted octanol–water partition coefficient (Wildman–Crippen LogP) is 0.512. The van der Waals surface area contributed by atoms with E-state index in [1.807, 2.05) is 6.07 Å². The Morgan fingerprint density at radius 2 is 2.50 bits per heavy atom. The van der Waals surface area contributed by atoms with E-state index < -0.39 is 5.91 Å². The van der Waals surface area contributed by atoms with Crippen molar-refractivity contribution < 1.29 is 9.53 Å². The molecule has 4 heteroatoms. The van der Waals surface area contributed by atoms with E-state index >= 15 is 0 Å². The third kappa shape index (κ3) is 1.75. The maximum atomic E-state index is 11.0. The van der Waals surface area contributed by atoms with Crippen LogP contribution in [0.5, 0.6) is 0 Å². The van der Waals surface area contributed by atoms with Crippen LogP contribution in [0.4, 0.5) is 0 Å². The molecular formula is C10H12N2O2. The lowest BCUT2D eigenvalue weighted by atomic mass is 10.0. The minimum atomic E-state index is -0.472. The number of carbonyl (C=O) groups excluding carboxylic acids is 1. The van der Waals surface area contributed by atoms with Gasteiger partial charge in [-0.3, -0.25) is 9.78 Å². The summed E-state index contributed by atoms with van der Waals surface area (Å²) in [4.78, 5) is 15.0. The number of hydrogen-bond donors (Lipinski definition) is 1. The molecule has 0 saturated carbocycles. The molecule has 1 atom stereocenters. The second kappa shape index (κ2) is 3.75. The minimum absolute atomic E-state index is 0.234. The predicted molar refractivity (Wildman–Crippen MR) is 50.8 cm³/mol. The smallest absolute Gasteiger partial charge is 0.267 e. The largest absolute Gasteiger partial charge is 0.378 e. The standard InChI is InChI=1S/C10H12N2O2/c11-10(13)9-7(2-1-4-12-9)6-8-3-5-14-8/h1-2,4,8H,3,5-6H2,(H2,11,13). The molecule has 1 aromatic heterocycles. The Hall–Kier alpha value is -1.42. The number of amides is 1. The summed E-state index contributed by atoms with van der Waals surface area (Å²) in [6.07, 6.45) is 3.59. The summed E-state index contributed by atoms with van der Waals surface area (Å²) in [5, 5.41) is 0. The number of nitrogens with zero attached hydrogens (tertiary/aromatic N) is 1. The highest BCUT2D eigenvalue weighted by molar-refractivity contribution is 5.92. The van der Waals surface area contributed by atoms with Gasteiger partial charge in [0.1, 0.15) is 5.69 Å². The molecule has 1 unspecified atom stereocenters. The number of carbonyl (C=O) groups is 1. The van der Waals surface area contributed by atoms with E-state index in [4.69, 9.17) is 10.5 Å². The van der Waals surface area contributed by atoms with Crippen LogP contribution >= 0.6 is 0 Å². The van der Waals surface area contributed by atoms with Gasteiger partial charge in [0, 0.05) is 19.2 Å². The quantitative estimate of drug-likeness (QED) is 0.758. The maximum absolute atomic E-state index is 11.0. The van der Waals surface area contributed by atoms with Crippen molar-refractivity contribution in [2.45, 2.75) is 18.9 Å². The van der Waals surface area contributed by atoms with Crippen molar-refractivity contribution in [3.8, 4) is 0 Å². The zero-order valence-electron chi connectivity index (χ0n) is 7.77. The van der Waals surface area contributed by atoms with Crippen molar-refractivity contribution in [2.24, 2.45) is 5.73 Å². The zero-order chi connectivity index (χ0) is 9.97. The van der Waals surface area contributed by atoms with Gasteiger partial charge in [0.2, 0.25) is 0 Å². The second-order valence-electron chi connectivity index (χ2n) is 3.36. The number of aromatic nitrogens is 1. The van der Waals surface area contributed by atoms with E-state index in [2.05, 4.69) is 4.98 Å². The average molecular weight is 192 g/mol. The van der Waals surface area contributed by atoms with Crippen molar-refractivity contribution in [1.82, 2.24) is 4.98 Å². The molecule has 0 bridgehead atoms. The van der Waals surface area contributed by atoms with Crippen LogP contribution in [0.3, 0.4) is 0 Å². The molecule has 1 aliphatic rings. The topological polar surface area (TPSA) is 65.2 Å². The van der Waals surface area contributed by atoms with Crippen LogP contribution in [-0.4, -0.2) is 23.6 Å². The summed E-state index contributed by atoms with van der Waals surface area (Å²) in [7, 11) is 0. The summed E-state index contributed by atoms with van der Waals surface area (Å²) in [6.45, 7) is 0.816. The number of ether oxygens (including phenoxy) is 1. The molecule has 1 fully saturated rings. The van der Waals surface area contributed by atoms with Crippen molar-refractivity contribution in [3.05, 3.63) is 29.6 Å². The Bertz CT molecular complexity index is 348. The Balaban J connectivity index is 2.17. The van der Waals surface area contributed by atoms with Crippen molar-refractivity contribution >= 4 is 5.91 Å². The van der Waals surface area contributed by atoms with Crippen molar-refractivity contribution in [1.29, 1.82) is 0 Å². The lowest BCUT2D eigenvalue weighted by Crippen LogP contribution is -2.30. The third-order valence-electron chi connectivity index (χ3n) is 2.37. The fourth-order valence-electron chi connectivity index (χ4n) is 1.52. The van der Waals surface area contributed by atoms with Crippen LogP contribution < -0.4 is 5.73 Å².